The van der Waals surface area contributed by atoms with Crippen LogP contribution in [0, 0.1) is 11.8 Å². The predicted molar refractivity (Wildman–Crippen MR) is 163 cm³/mol. The summed E-state index contributed by atoms with van der Waals surface area (Å²) in [6.45, 7) is 0.0801. The summed E-state index contributed by atoms with van der Waals surface area (Å²) in [7, 11) is 1.35. The molecule has 5 N–H and O–H groups in total. The molecule has 0 spiro atoms. The van der Waals surface area contributed by atoms with Crippen LogP contribution in [0.4, 0.5) is 0 Å². The lowest BCUT2D eigenvalue weighted by Gasteiger charge is -2.32. The van der Waals surface area contributed by atoms with Crippen LogP contribution < -0.4 is 16.0 Å². The highest BCUT2D eigenvalue weighted by molar-refractivity contribution is 5.88. The van der Waals surface area contributed by atoms with Crippen molar-refractivity contribution in [2.24, 2.45) is 11.8 Å². The van der Waals surface area contributed by atoms with Crippen molar-refractivity contribution in [2.75, 3.05) is 13.7 Å². The first-order valence-corrected chi connectivity index (χ1v) is 16.1. The van der Waals surface area contributed by atoms with Crippen molar-refractivity contribution in [3.05, 3.63) is 35.9 Å². The third kappa shape index (κ3) is 13.0. The fourth-order valence-electron chi connectivity index (χ4n) is 5.88. The lowest BCUT2D eigenvalue weighted by molar-refractivity contribution is -0.140. The number of amides is 3. The molecule has 1 aromatic rings. The van der Waals surface area contributed by atoms with E-state index in [2.05, 4.69) is 20.7 Å². The molecule has 240 valence electrons. The van der Waals surface area contributed by atoms with E-state index in [1.165, 1.54) is 13.5 Å². The SMILES string of the molecule is COC(=O)CCCCCC(=O)N[C@@H](Cc1ccccc1)C(=O)NCCC(=O)N[C@@H](CC1CCCCC1)[C@@H](O)[C@@H](O)C1CC1. The molecule has 4 atom stereocenters. The number of aliphatic hydroxyl groups excluding tert-OH is 2. The van der Waals surface area contributed by atoms with Crippen LogP contribution in [-0.2, 0) is 30.3 Å². The Morgan fingerprint density at radius 3 is 2.21 bits per heavy atom. The van der Waals surface area contributed by atoms with Gasteiger partial charge in [-0.1, -0.05) is 68.9 Å². The molecule has 43 heavy (non-hydrogen) atoms. The molecule has 2 aliphatic rings. The molecule has 0 aliphatic heterocycles. The third-order valence-electron chi connectivity index (χ3n) is 8.62. The monoisotopic (exact) mass is 601 g/mol. The summed E-state index contributed by atoms with van der Waals surface area (Å²) in [5.41, 5.74) is 0.896. The topological polar surface area (TPSA) is 154 Å². The second-order valence-corrected chi connectivity index (χ2v) is 12.2. The molecule has 10 heteroatoms. The number of ether oxygens (including phenoxy) is 1. The summed E-state index contributed by atoms with van der Waals surface area (Å²) in [5, 5.41) is 30.1. The van der Waals surface area contributed by atoms with E-state index < -0.39 is 24.3 Å². The minimum absolute atomic E-state index is 0.0192. The van der Waals surface area contributed by atoms with Gasteiger partial charge in [-0.15, -0.1) is 0 Å². The molecular formula is C33H51N3O7. The van der Waals surface area contributed by atoms with E-state index in [4.69, 9.17) is 0 Å². The smallest absolute Gasteiger partial charge is 0.305 e. The Kier molecular flexibility index (Phi) is 15.0. The summed E-state index contributed by atoms with van der Waals surface area (Å²) in [6, 6.07) is 8.07. The maximum Gasteiger partial charge on any atom is 0.305 e. The highest BCUT2D eigenvalue weighted by Crippen LogP contribution is 2.36. The molecule has 3 amide bonds. The van der Waals surface area contributed by atoms with Gasteiger partial charge in [0.25, 0.3) is 0 Å². The number of hydrogen-bond acceptors (Lipinski definition) is 7. The van der Waals surface area contributed by atoms with E-state index in [-0.39, 0.29) is 49.0 Å². The number of rotatable bonds is 19. The average molecular weight is 602 g/mol. The predicted octanol–water partition coefficient (Wildman–Crippen LogP) is 2.93. The minimum atomic E-state index is -1.01. The molecule has 2 aliphatic carbocycles. The molecule has 0 bridgehead atoms. The summed E-state index contributed by atoms with van der Waals surface area (Å²) >= 11 is 0. The van der Waals surface area contributed by atoms with Crippen molar-refractivity contribution in [1.29, 1.82) is 0 Å². The Labute approximate surface area is 255 Å². The summed E-state index contributed by atoms with van der Waals surface area (Å²) in [6.07, 6.45) is 8.99. The molecule has 2 saturated carbocycles. The number of methoxy groups -OCH3 is 1. The second kappa shape index (κ2) is 18.6. The number of unbranched alkanes of at least 4 members (excludes halogenated alkanes) is 2. The Bertz CT molecular complexity index is 1010. The number of carbonyl (C=O) groups excluding carboxylic acids is 4. The number of esters is 1. The zero-order valence-electron chi connectivity index (χ0n) is 25.6. The van der Waals surface area contributed by atoms with Crippen molar-refractivity contribution in [3.8, 4) is 0 Å². The van der Waals surface area contributed by atoms with Gasteiger partial charge in [-0.25, -0.2) is 0 Å². The van der Waals surface area contributed by atoms with Crippen LogP contribution in [0.5, 0.6) is 0 Å². The molecule has 0 heterocycles. The van der Waals surface area contributed by atoms with Crippen LogP contribution in [0.1, 0.15) is 95.5 Å². The zero-order valence-corrected chi connectivity index (χ0v) is 25.6. The number of benzene rings is 1. The summed E-state index contributed by atoms with van der Waals surface area (Å²) in [4.78, 5) is 49.9. The maximum atomic E-state index is 13.1. The van der Waals surface area contributed by atoms with Gasteiger partial charge in [-0.2, -0.15) is 0 Å². The maximum absolute atomic E-state index is 13.1. The number of carbonyl (C=O) groups is 4. The van der Waals surface area contributed by atoms with Gasteiger partial charge in [0.1, 0.15) is 12.1 Å². The Morgan fingerprint density at radius 1 is 0.860 bits per heavy atom. The molecule has 2 fully saturated rings. The standard InChI is InChI=1S/C33H51N3O7/c1-43-30(39)16-10-4-9-15-28(37)36-27(22-24-13-7-3-8-14-24)33(42)34-20-19-29(38)35-26(21-23-11-5-2-6-12-23)32(41)31(40)25-17-18-25/h3,7-8,13-14,23,25-27,31-32,40-41H,2,4-6,9-12,15-22H2,1H3,(H,34,42)(H,35,38)(H,36,37)/t26-,27-,31-,32+/m0/s1. The van der Waals surface area contributed by atoms with Crippen LogP contribution >= 0.6 is 0 Å². The number of hydrogen-bond donors (Lipinski definition) is 5. The van der Waals surface area contributed by atoms with Crippen molar-refractivity contribution < 1.29 is 34.1 Å². The first kappa shape index (κ1) is 34.5. The quantitative estimate of drug-likeness (QED) is 0.121. The van der Waals surface area contributed by atoms with Gasteiger partial charge in [0.15, 0.2) is 0 Å². The number of nitrogens with one attached hydrogen (secondary N) is 3. The van der Waals surface area contributed by atoms with E-state index in [9.17, 15) is 29.4 Å². The van der Waals surface area contributed by atoms with E-state index in [1.807, 2.05) is 30.3 Å². The largest absolute Gasteiger partial charge is 0.469 e. The van der Waals surface area contributed by atoms with Gasteiger partial charge >= 0.3 is 5.97 Å². The van der Waals surface area contributed by atoms with Gasteiger partial charge in [-0.3, -0.25) is 19.2 Å². The molecule has 0 unspecified atom stereocenters. The average Bonchev–Trinajstić information content (AvgIpc) is 3.86. The molecule has 0 aromatic heterocycles. The van der Waals surface area contributed by atoms with Crippen molar-refractivity contribution in [1.82, 2.24) is 16.0 Å². The normalized spacial score (nSPS) is 18.1. The van der Waals surface area contributed by atoms with E-state index in [0.29, 0.717) is 44.4 Å². The fraction of sp³-hybridized carbons (Fsp3) is 0.697. The second-order valence-electron chi connectivity index (χ2n) is 12.2. The first-order chi connectivity index (χ1) is 20.8. The molecule has 10 nitrogen and oxygen atoms in total. The molecule has 0 radical (unpaired) electrons. The zero-order chi connectivity index (χ0) is 31.0. The van der Waals surface area contributed by atoms with Gasteiger partial charge in [0.05, 0.1) is 19.3 Å². The minimum Gasteiger partial charge on any atom is -0.469 e. The Hall–Kier alpha value is -2.98. The van der Waals surface area contributed by atoms with Gasteiger partial charge in [0, 0.05) is 32.2 Å². The molecule has 0 saturated heterocycles. The summed E-state index contributed by atoms with van der Waals surface area (Å²) in [5.74, 6) is -0.686. The van der Waals surface area contributed by atoms with Crippen molar-refractivity contribution in [3.63, 3.8) is 0 Å². The Balaban J connectivity index is 1.49. The van der Waals surface area contributed by atoms with E-state index >= 15 is 0 Å². The lowest BCUT2D eigenvalue weighted by Crippen LogP contribution is -2.51. The van der Waals surface area contributed by atoms with Gasteiger partial charge in [0.2, 0.25) is 17.7 Å². The Morgan fingerprint density at radius 2 is 1.53 bits per heavy atom. The van der Waals surface area contributed by atoms with Crippen molar-refractivity contribution >= 4 is 23.7 Å². The molecular weight excluding hydrogens is 550 g/mol. The fourth-order valence-corrected chi connectivity index (χ4v) is 5.88. The van der Waals surface area contributed by atoms with E-state index in [0.717, 1.165) is 44.1 Å². The van der Waals surface area contributed by atoms with Crippen LogP contribution in [-0.4, -0.2) is 71.9 Å². The van der Waals surface area contributed by atoms with Crippen LogP contribution in [0.3, 0.4) is 0 Å². The van der Waals surface area contributed by atoms with Crippen molar-refractivity contribution in [2.45, 2.75) is 121 Å². The molecule has 3 rings (SSSR count). The first-order valence-electron chi connectivity index (χ1n) is 16.1. The van der Waals surface area contributed by atoms with Gasteiger partial charge < -0.3 is 30.9 Å². The van der Waals surface area contributed by atoms with Gasteiger partial charge in [-0.05, 0) is 49.5 Å². The highest BCUT2D eigenvalue weighted by Gasteiger charge is 2.39. The van der Waals surface area contributed by atoms with Crippen LogP contribution in [0.15, 0.2) is 30.3 Å². The van der Waals surface area contributed by atoms with Crippen LogP contribution in [0.25, 0.3) is 0 Å². The van der Waals surface area contributed by atoms with Crippen LogP contribution in [0.2, 0.25) is 0 Å². The highest BCUT2D eigenvalue weighted by atomic mass is 16.5. The molecule has 1 aromatic carbocycles. The lowest BCUT2D eigenvalue weighted by atomic mass is 9.82. The van der Waals surface area contributed by atoms with E-state index in [1.54, 1.807) is 0 Å². The third-order valence-corrected chi connectivity index (χ3v) is 8.62. The number of aliphatic hydroxyl groups is 2. The summed E-state index contributed by atoms with van der Waals surface area (Å²) < 4.78 is 4.63.